The van der Waals surface area contributed by atoms with Crippen LogP contribution in [-0.4, -0.2) is 23.2 Å². The monoisotopic (exact) mass is 271 g/mol. The number of carbonyl (C=O) groups is 1. The number of carboxylic acids is 1. The summed E-state index contributed by atoms with van der Waals surface area (Å²) in [4.78, 5) is 14.4. The smallest absolute Gasteiger partial charge is 0.328 e. The molecule has 1 aromatic carbocycles. The Bertz CT molecular complexity index is 623. The van der Waals surface area contributed by atoms with Gasteiger partial charge in [0, 0.05) is 12.3 Å². The summed E-state index contributed by atoms with van der Waals surface area (Å²) in [6.07, 6.45) is 5.80. The second-order valence-electron chi connectivity index (χ2n) is 3.87. The third-order valence-corrected chi connectivity index (χ3v) is 2.47. The van der Waals surface area contributed by atoms with Crippen molar-refractivity contribution in [1.82, 2.24) is 4.98 Å². The highest BCUT2D eigenvalue weighted by atomic mass is 16.5. The molecule has 0 saturated carbocycles. The zero-order chi connectivity index (χ0) is 14.4. The van der Waals surface area contributed by atoms with Crippen molar-refractivity contribution in [1.29, 1.82) is 0 Å². The van der Waals surface area contributed by atoms with Crippen molar-refractivity contribution in [3.8, 4) is 17.2 Å². The predicted molar refractivity (Wildman–Crippen MR) is 74.0 cm³/mol. The highest BCUT2D eigenvalue weighted by Gasteiger charge is 2.06. The van der Waals surface area contributed by atoms with Crippen molar-refractivity contribution in [2.45, 2.75) is 0 Å². The van der Waals surface area contributed by atoms with Crippen LogP contribution in [0.2, 0.25) is 0 Å². The molecule has 0 aliphatic rings. The Kier molecular flexibility index (Phi) is 4.34. The van der Waals surface area contributed by atoms with Gasteiger partial charge in [0.25, 0.3) is 0 Å². The molecule has 2 rings (SSSR count). The molecule has 0 saturated heterocycles. The van der Waals surface area contributed by atoms with Crippen LogP contribution in [0.15, 0.2) is 48.8 Å². The second kappa shape index (κ2) is 6.38. The average Bonchev–Trinajstić information content (AvgIpc) is 2.47. The summed E-state index contributed by atoms with van der Waals surface area (Å²) >= 11 is 0. The van der Waals surface area contributed by atoms with Crippen molar-refractivity contribution in [3.05, 3.63) is 54.4 Å². The first-order valence-electron chi connectivity index (χ1n) is 5.86. The van der Waals surface area contributed by atoms with E-state index in [1.165, 1.54) is 13.2 Å². The number of pyridine rings is 1. The third kappa shape index (κ3) is 3.58. The minimum atomic E-state index is -1.00. The Morgan fingerprint density at radius 2 is 2.15 bits per heavy atom. The fourth-order valence-electron chi connectivity index (χ4n) is 1.57. The quantitative estimate of drug-likeness (QED) is 0.847. The lowest BCUT2D eigenvalue weighted by Gasteiger charge is -2.10. The zero-order valence-corrected chi connectivity index (χ0v) is 10.8. The molecule has 0 unspecified atom stereocenters. The molecule has 0 radical (unpaired) electrons. The zero-order valence-electron chi connectivity index (χ0n) is 10.8. The molecule has 5 nitrogen and oxygen atoms in total. The maximum atomic E-state index is 10.5. The van der Waals surface area contributed by atoms with E-state index in [4.69, 9.17) is 14.6 Å². The van der Waals surface area contributed by atoms with Crippen LogP contribution < -0.4 is 9.47 Å². The molecular weight excluding hydrogens is 258 g/mol. The van der Waals surface area contributed by atoms with Crippen molar-refractivity contribution < 1.29 is 19.4 Å². The molecule has 0 fully saturated rings. The molecule has 0 aliphatic carbocycles. The molecule has 0 atom stereocenters. The Morgan fingerprint density at radius 1 is 1.30 bits per heavy atom. The lowest BCUT2D eigenvalue weighted by molar-refractivity contribution is -0.131. The van der Waals surface area contributed by atoms with Gasteiger partial charge in [0.1, 0.15) is 5.75 Å². The topological polar surface area (TPSA) is 68.7 Å². The maximum Gasteiger partial charge on any atom is 0.328 e. The summed E-state index contributed by atoms with van der Waals surface area (Å²) in [5.74, 6) is 0.647. The van der Waals surface area contributed by atoms with Crippen molar-refractivity contribution in [2.75, 3.05) is 7.11 Å². The van der Waals surface area contributed by atoms with Gasteiger partial charge in [0.05, 0.1) is 13.3 Å². The van der Waals surface area contributed by atoms with Gasteiger partial charge < -0.3 is 14.6 Å². The van der Waals surface area contributed by atoms with Crippen LogP contribution in [0.5, 0.6) is 17.2 Å². The van der Waals surface area contributed by atoms with Gasteiger partial charge in [-0.25, -0.2) is 4.79 Å². The van der Waals surface area contributed by atoms with Crippen LogP contribution in [0.4, 0.5) is 0 Å². The Hall–Kier alpha value is -2.82. The number of nitrogens with zero attached hydrogens (tertiary/aromatic N) is 1. The lowest BCUT2D eigenvalue weighted by Crippen LogP contribution is -1.92. The number of carboxylic acid groups (broad SMARTS) is 1. The molecule has 0 bridgehead atoms. The number of aromatic nitrogens is 1. The molecule has 1 N–H and O–H groups in total. The maximum absolute atomic E-state index is 10.5. The molecule has 1 aromatic heterocycles. The molecule has 0 spiro atoms. The molecule has 102 valence electrons. The van der Waals surface area contributed by atoms with Gasteiger partial charge in [-0.15, -0.1) is 0 Å². The van der Waals surface area contributed by atoms with Crippen molar-refractivity contribution >= 4 is 12.0 Å². The van der Waals surface area contributed by atoms with Crippen LogP contribution in [-0.2, 0) is 4.79 Å². The molecule has 1 heterocycles. The number of methoxy groups -OCH3 is 1. The third-order valence-electron chi connectivity index (χ3n) is 2.47. The van der Waals surface area contributed by atoms with Gasteiger partial charge in [-0.3, -0.25) is 4.98 Å². The summed E-state index contributed by atoms with van der Waals surface area (Å²) in [7, 11) is 1.52. The number of rotatable bonds is 5. The van der Waals surface area contributed by atoms with Crippen LogP contribution in [0.1, 0.15) is 5.56 Å². The van der Waals surface area contributed by atoms with E-state index in [-0.39, 0.29) is 0 Å². The number of benzene rings is 1. The fourth-order valence-corrected chi connectivity index (χ4v) is 1.57. The van der Waals surface area contributed by atoms with E-state index in [9.17, 15) is 4.79 Å². The van der Waals surface area contributed by atoms with Gasteiger partial charge in [-0.05, 0) is 35.9 Å². The minimum absolute atomic E-state index is 0.515. The van der Waals surface area contributed by atoms with E-state index in [1.807, 2.05) is 0 Å². The number of ether oxygens (including phenoxy) is 2. The van der Waals surface area contributed by atoms with E-state index in [2.05, 4.69) is 4.98 Å². The summed E-state index contributed by atoms with van der Waals surface area (Å²) < 4.78 is 10.9. The fraction of sp³-hybridized carbons (Fsp3) is 0.0667. The normalized spacial score (nSPS) is 10.4. The summed E-state index contributed by atoms with van der Waals surface area (Å²) in [5.41, 5.74) is 0.711. The number of hydrogen-bond acceptors (Lipinski definition) is 4. The summed E-state index contributed by atoms with van der Waals surface area (Å²) in [5, 5.41) is 8.60. The molecule has 20 heavy (non-hydrogen) atoms. The number of hydrogen-bond donors (Lipinski definition) is 1. The Labute approximate surface area is 116 Å². The SMILES string of the molecule is COc1cc(/C=C/C(=O)O)ccc1Oc1cccnc1. The van der Waals surface area contributed by atoms with Gasteiger partial charge in [0.2, 0.25) is 0 Å². The average molecular weight is 271 g/mol. The first-order chi connectivity index (χ1) is 9.69. The predicted octanol–water partition coefficient (Wildman–Crippen LogP) is 2.98. The van der Waals surface area contributed by atoms with Crippen LogP contribution >= 0.6 is 0 Å². The van der Waals surface area contributed by atoms with E-state index < -0.39 is 5.97 Å². The van der Waals surface area contributed by atoms with Crippen LogP contribution in [0, 0.1) is 0 Å². The van der Waals surface area contributed by atoms with Crippen molar-refractivity contribution in [2.24, 2.45) is 0 Å². The van der Waals surface area contributed by atoms with Gasteiger partial charge >= 0.3 is 5.97 Å². The standard InChI is InChI=1S/C15H13NO4/c1-19-14-9-11(5-7-15(17)18)4-6-13(14)20-12-3-2-8-16-10-12/h2-10H,1H3,(H,17,18)/b7-5+. The van der Waals surface area contributed by atoms with E-state index >= 15 is 0 Å². The summed E-state index contributed by atoms with van der Waals surface area (Å²) in [6.45, 7) is 0. The second-order valence-corrected chi connectivity index (χ2v) is 3.87. The molecule has 0 aliphatic heterocycles. The number of aliphatic carboxylic acids is 1. The first-order valence-corrected chi connectivity index (χ1v) is 5.86. The molecule has 2 aromatic rings. The Balaban J connectivity index is 2.24. The van der Waals surface area contributed by atoms with Crippen molar-refractivity contribution in [3.63, 3.8) is 0 Å². The lowest BCUT2D eigenvalue weighted by atomic mass is 10.2. The van der Waals surface area contributed by atoms with Crippen LogP contribution in [0.3, 0.4) is 0 Å². The molecular formula is C15H13NO4. The highest BCUT2D eigenvalue weighted by molar-refractivity contribution is 5.85. The van der Waals surface area contributed by atoms with Crippen LogP contribution in [0.25, 0.3) is 6.08 Å². The Morgan fingerprint density at radius 3 is 2.80 bits per heavy atom. The highest BCUT2D eigenvalue weighted by Crippen LogP contribution is 2.32. The molecule has 5 heteroatoms. The minimum Gasteiger partial charge on any atom is -0.493 e. The van der Waals surface area contributed by atoms with Gasteiger partial charge in [0.15, 0.2) is 11.5 Å². The van der Waals surface area contributed by atoms with Gasteiger partial charge in [-0.1, -0.05) is 6.07 Å². The summed E-state index contributed by atoms with van der Waals surface area (Å²) in [6, 6.07) is 8.71. The van der Waals surface area contributed by atoms with E-state index in [0.717, 1.165) is 6.08 Å². The van der Waals surface area contributed by atoms with Gasteiger partial charge in [-0.2, -0.15) is 0 Å². The largest absolute Gasteiger partial charge is 0.493 e. The van der Waals surface area contributed by atoms with E-state index in [1.54, 1.807) is 42.7 Å². The molecule has 0 amide bonds. The first kappa shape index (κ1) is 13.6. The van der Waals surface area contributed by atoms with E-state index in [0.29, 0.717) is 22.8 Å².